The molecule has 0 spiro atoms. The molecule has 0 radical (unpaired) electrons. The van der Waals surface area contributed by atoms with Crippen molar-refractivity contribution in [3.63, 3.8) is 0 Å². The summed E-state index contributed by atoms with van der Waals surface area (Å²) in [6, 6.07) is 13.1. The Morgan fingerprint density at radius 2 is 1.10 bits per heavy atom. The molecule has 14 nitrogen and oxygen atoms in total. The number of benzene rings is 2. The third-order valence-electron chi connectivity index (χ3n) is 3.65. The number of fused-ring (bicyclic) bond motifs is 2. The predicted molar refractivity (Wildman–Crippen MR) is 95.8 cm³/mol. The number of para-hydroxylation sites is 2. The van der Waals surface area contributed by atoms with E-state index < -0.39 is 30.7 Å². The summed E-state index contributed by atoms with van der Waals surface area (Å²) in [6.45, 7) is 0. The van der Waals surface area contributed by atoms with Crippen LogP contribution in [-0.2, 0) is 19.1 Å². The van der Waals surface area contributed by atoms with Crippen molar-refractivity contribution >= 4 is 46.3 Å². The number of hydrogen-bond acceptors (Lipinski definition) is 12. The summed E-state index contributed by atoms with van der Waals surface area (Å²) in [5.41, 5.74) is 1.55. The minimum absolute atomic E-state index is 0.342. The molecule has 14 heteroatoms. The van der Waals surface area contributed by atoms with Crippen LogP contribution in [0.1, 0.15) is 6.42 Å². The summed E-state index contributed by atoms with van der Waals surface area (Å²) in [5.74, 6) is -2.67. The SMILES string of the molecule is O=C(CC(=O)OC(=O)On1nnc2ccccc21)OC(=O)On1nnc2ccccc21. The maximum absolute atomic E-state index is 11.7. The largest absolute Gasteiger partial charge is 0.543 e. The molecule has 31 heavy (non-hydrogen) atoms. The molecule has 4 aromatic rings. The van der Waals surface area contributed by atoms with Gasteiger partial charge in [0.05, 0.1) is 0 Å². The van der Waals surface area contributed by atoms with Crippen LogP contribution in [0.2, 0.25) is 0 Å². The van der Waals surface area contributed by atoms with Gasteiger partial charge in [-0.1, -0.05) is 34.0 Å². The van der Waals surface area contributed by atoms with Crippen molar-refractivity contribution in [2.45, 2.75) is 6.42 Å². The third-order valence-corrected chi connectivity index (χ3v) is 3.65. The fourth-order valence-electron chi connectivity index (χ4n) is 2.38. The van der Waals surface area contributed by atoms with E-state index >= 15 is 0 Å². The van der Waals surface area contributed by atoms with Crippen molar-refractivity contribution in [2.75, 3.05) is 0 Å². The molecule has 0 fully saturated rings. The summed E-state index contributed by atoms with van der Waals surface area (Å²) >= 11 is 0. The summed E-state index contributed by atoms with van der Waals surface area (Å²) in [7, 11) is 0. The molecule has 2 heterocycles. The zero-order valence-electron chi connectivity index (χ0n) is 15.3. The summed E-state index contributed by atoms with van der Waals surface area (Å²) in [4.78, 5) is 57.6. The van der Waals surface area contributed by atoms with Crippen molar-refractivity contribution < 1.29 is 38.3 Å². The van der Waals surface area contributed by atoms with Crippen LogP contribution in [-0.4, -0.2) is 54.6 Å². The van der Waals surface area contributed by atoms with Gasteiger partial charge in [0.1, 0.15) is 28.5 Å². The zero-order valence-corrected chi connectivity index (χ0v) is 15.3. The molecular formula is C17H10N6O8. The van der Waals surface area contributed by atoms with Crippen LogP contribution in [0.5, 0.6) is 0 Å². The van der Waals surface area contributed by atoms with E-state index in [9.17, 15) is 19.2 Å². The van der Waals surface area contributed by atoms with Gasteiger partial charge in [-0.05, 0) is 34.7 Å². The molecule has 4 rings (SSSR count). The van der Waals surface area contributed by atoms with E-state index in [0.29, 0.717) is 22.1 Å². The van der Waals surface area contributed by atoms with E-state index in [1.54, 1.807) is 48.5 Å². The lowest BCUT2D eigenvalue weighted by molar-refractivity contribution is -0.150. The average Bonchev–Trinajstić information content (AvgIpc) is 3.32. The first-order valence-corrected chi connectivity index (χ1v) is 8.46. The van der Waals surface area contributed by atoms with Crippen LogP contribution in [0.4, 0.5) is 9.59 Å². The topological polar surface area (TPSA) is 167 Å². The number of nitrogens with zero attached hydrogens (tertiary/aromatic N) is 6. The van der Waals surface area contributed by atoms with Crippen LogP contribution in [0.15, 0.2) is 48.5 Å². The monoisotopic (exact) mass is 426 g/mol. The lowest BCUT2D eigenvalue weighted by Crippen LogP contribution is -2.28. The van der Waals surface area contributed by atoms with Crippen LogP contribution < -0.4 is 9.68 Å². The second-order valence-corrected chi connectivity index (χ2v) is 5.71. The van der Waals surface area contributed by atoms with Gasteiger partial charge < -0.3 is 9.47 Å². The van der Waals surface area contributed by atoms with Gasteiger partial charge >= 0.3 is 24.2 Å². The van der Waals surface area contributed by atoms with E-state index in [4.69, 9.17) is 9.68 Å². The highest BCUT2D eigenvalue weighted by Crippen LogP contribution is 2.09. The predicted octanol–water partition coefficient (Wildman–Crippen LogP) is 0.450. The van der Waals surface area contributed by atoms with Crippen molar-refractivity contribution in [1.29, 1.82) is 0 Å². The number of carbonyl (C=O) groups excluding carboxylic acids is 4. The Balaban J connectivity index is 1.26. The van der Waals surface area contributed by atoms with Crippen molar-refractivity contribution in [2.24, 2.45) is 0 Å². The summed E-state index contributed by atoms with van der Waals surface area (Å²) < 4.78 is 8.64. The highest BCUT2D eigenvalue weighted by molar-refractivity contribution is 5.97. The molecule has 156 valence electrons. The Kier molecular flexibility index (Phi) is 5.16. The van der Waals surface area contributed by atoms with Gasteiger partial charge in [-0.2, -0.15) is 0 Å². The molecule has 0 aliphatic rings. The lowest BCUT2D eigenvalue weighted by atomic mass is 10.3. The van der Waals surface area contributed by atoms with E-state index in [1.165, 1.54) is 0 Å². The van der Waals surface area contributed by atoms with Gasteiger partial charge in [0, 0.05) is 0 Å². The quantitative estimate of drug-likeness (QED) is 0.251. The van der Waals surface area contributed by atoms with Gasteiger partial charge in [-0.15, -0.1) is 10.2 Å². The van der Waals surface area contributed by atoms with Crippen LogP contribution in [0.25, 0.3) is 22.1 Å². The van der Waals surface area contributed by atoms with Crippen molar-refractivity contribution in [1.82, 2.24) is 30.3 Å². The van der Waals surface area contributed by atoms with E-state index in [-0.39, 0.29) is 0 Å². The maximum Gasteiger partial charge on any atom is 0.543 e. The fraction of sp³-hybridized carbons (Fsp3) is 0.0588. The standard InChI is InChI=1S/C17H10N6O8/c24-14(28-16(26)30-22-12-7-3-1-5-10(12)18-20-22)9-15(25)29-17(27)31-23-13-8-4-2-6-11(13)19-21-23/h1-8H,9H2. The molecule has 2 aromatic carbocycles. The number of ether oxygens (including phenoxy) is 2. The molecule has 0 N–H and O–H groups in total. The number of aromatic nitrogens is 6. The minimum atomic E-state index is -1.47. The molecule has 0 aliphatic carbocycles. The lowest BCUT2D eigenvalue weighted by Gasteiger charge is -2.04. The third kappa shape index (κ3) is 4.42. The molecule has 0 unspecified atom stereocenters. The Bertz CT molecular complexity index is 1210. The second-order valence-electron chi connectivity index (χ2n) is 5.71. The Morgan fingerprint density at radius 1 is 0.677 bits per heavy atom. The first-order chi connectivity index (χ1) is 15.0. The molecule has 0 saturated carbocycles. The van der Waals surface area contributed by atoms with Gasteiger partial charge in [-0.25, -0.2) is 9.59 Å². The van der Waals surface area contributed by atoms with Crippen LogP contribution >= 0.6 is 0 Å². The van der Waals surface area contributed by atoms with E-state index in [1.807, 2.05) is 0 Å². The normalized spacial score (nSPS) is 10.6. The van der Waals surface area contributed by atoms with Gasteiger partial charge in [0.15, 0.2) is 0 Å². The Morgan fingerprint density at radius 3 is 1.55 bits per heavy atom. The molecule has 0 aliphatic heterocycles. The number of hydrogen-bond donors (Lipinski definition) is 0. The highest BCUT2D eigenvalue weighted by Gasteiger charge is 2.22. The zero-order chi connectivity index (χ0) is 21.8. The summed E-state index contributed by atoms with van der Waals surface area (Å²) in [5, 5.41) is 14.6. The molecule has 0 saturated heterocycles. The Hall–Kier alpha value is -4.88. The van der Waals surface area contributed by atoms with Gasteiger partial charge in [0.2, 0.25) is 0 Å². The first kappa shape index (κ1) is 19.4. The van der Waals surface area contributed by atoms with Gasteiger partial charge in [0.25, 0.3) is 0 Å². The minimum Gasteiger partial charge on any atom is -0.358 e. The van der Waals surface area contributed by atoms with E-state index in [0.717, 1.165) is 9.69 Å². The fourth-order valence-corrected chi connectivity index (χ4v) is 2.38. The average molecular weight is 426 g/mol. The molecule has 0 atom stereocenters. The number of esters is 2. The molecule has 0 amide bonds. The highest BCUT2D eigenvalue weighted by atomic mass is 16.8. The second kappa shape index (κ2) is 8.24. The summed E-state index contributed by atoms with van der Waals surface area (Å²) in [6.07, 6.45) is -4.00. The molecular weight excluding hydrogens is 416 g/mol. The van der Waals surface area contributed by atoms with Gasteiger partial charge in [-0.3, -0.25) is 19.3 Å². The van der Waals surface area contributed by atoms with Crippen molar-refractivity contribution in [3.05, 3.63) is 48.5 Å². The van der Waals surface area contributed by atoms with Crippen LogP contribution in [0.3, 0.4) is 0 Å². The first-order valence-electron chi connectivity index (χ1n) is 8.46. The smallest absolute Gasteiger partial charge is 0.358 e. The van der Waals surface area contributed by atoms with Crippen molar-refractivity contribution in [3.8, 4) is 0 Å². The number of rotatable bonds is 4. The number of carbonyl (C=O) groups is 4. The Labute approximate surface area is 170 Å². The molecule has 2 aromatic heterocycles. The van der Waals surface area contributed by atoms with Crippen LogP contribution in [0, 0.1) is 0 Å². The maximum atomic E-state index is 11.7. The molecule has 0 bridgehead atoms. The van der Waals surface area contributed by atoms with E-state index in [2.05, 4.69) is 30.1 Å².